The Morgan fingerprint density at radius 3 is 2.80 bits per heavy atom. The number of nitrogens with zero attached hydrogens (tertiary/aromatic N) is 1. The first kappa shape index (κ1) is 14.4. The summed E-state index contributed by atoms with van der Waals surface area (Å²) in [5, 5.41) is 9.28. The lowest BCUT2D eigenvalue weighted by Crippen LogP contribution is -2.27. The Hall–Kier alpha value is -2.01. The van der Waals surface area contributed by atoms with Gasteiger partial charge >= 0.3 is 5.97 Å². The van der Waals surface area contributed by atoms with Crippen molar-refractivity contribution >= 4 is 35.2 Å². The maximum Gasteiger partial charge on any atom is 0.328 e. The number of primary amides is 1. The second-order valence-electron chi connectivity index (χ2n) is 4.71. The zero-order valence-electron chi connectivity index (χ0n) is 10.8. The first-order valence-corrected chi connectivity index (χ1v) is 6.60. The molecular formula is C14H15ClN2O3. The van der Waals surface area contributed by atoms with Crippen LogP contribution in [-0.2, 0) is 9.59 Å². The molecule has 6 heteroatoms. The van der Waals surface area contributed by atoms with Crippen molar-refractivity contribution in [2.45, 2.75) is 6.42 Å². The molecule has 1 aliphatic rings. The highest BCUT2D eigenvalue weighted by Gasteiger charge is 2.27. The van der Waals surface area contributed by atoms with Gasteiger partial charge in [-0.1, -0.05) is 17.7 Å². The van der Waals surface area contributed by atoms with Gasteiger partial charge in [-0.2, -0.15) is 0 Å². The van der Waals surface area contributed by atoms with E-state index >= 15 is 0 Å². The number of carbonyl (C=O) groups is 2. The van der Waals surface area contributed by atoms with E-state index in [-0.39, 0.29) is 11.8 Å². The molecule has 106 valence electrons. The van der Waals surface area contributed by atoms with Gasteiger partial charge in [-0.05, 0) is 30.2 Å². The summed E-state index contributed by atoms with van der Waals surface area (Å²) in [5.74, 6) is -1.50. The van der Waals surface area contributed by atoms with E-state index < -0.39 is 5.97 Å². The number of aliphatic carboxylic acids is 1. The molecule has 1 heterocycles. The molecule has 3 N–H and O–H groups in total. The molecule has 0 radical (unpaired) electrons. The predicted molar refractivity (Wildman–Crippen MR) is 77.6 cm³/mol. The van der Waals surface area contributed by atoms with Crippen LogP contribution in [0.25, 0.3) is 6.08 Å². The van der Waals surface area contributed by atoms with Crippen molar-refractivity contribution in [3.05, 3.63) is 34.9 Å². The molecule has 0 aliphatic carbocycles. The minimum absolute atomic E-state index is 0.176. The highest BCUT2D eigenvalue weighted by Crippen LogP contribution is 2.30. The zero-order chi connectivity index (χ0) is 14.7. The molecule has 5 nitrogen and oxygen atoms in total. The summed E-state index contributed by atoms with van der Waals surface area (Å²) in [6, 6.07) is 5.23. The fraction of sp³-hybridized carbons (Fsp3) is 0.286. The SMILES string of the molecule is NC(=O)C1CCN(c2cc(Cl)ccc2/C=C/C(=O)O)C1. The average Bonchev–Trinajstić information content (AvgIpc) is 2.86. The Morgan fingerprint density at radius 1 is 1.45 bits per heavy atom. The van der Waals surface area contributed by atoms with E-state index in [1.807, 2.05) is 4.90 Å². The zero-order valence-corrected chi connectivity index (χ0v) is 11.5. The number of carboxylic acids is 1. The van der Waals surface area contributed by atoms with E-state index in [1.165, 1.54) is 6.08 Å². The molecular weight excluding hydrogens is 280 g/mol. The number of carboxylic acid groups (broad SMARTS) is 1. The molecule has 1 aromatic carbocycles. The smallest absolute Gasteiger partial charge is 0.328 e. The van der Waals surface area contributed by atoms with Crippen LogP contribution in [0.4, 0.5) is 5.69 Å². The number of nitrogens with two attached hydrogens (primary N) is 1. The van der Waals surface area contributed by atoms with E-state index in [2.05, 4.69) is 0 Å². The van der Waals surface area contributed by atoms with Crippen LogP contribution in [0, 0.1) is 5.92 Å². The Bertz CT molecular complexity index is 572. The molecule has 0 spiro atoms. The molecule has 1 saturated heterocycles. The summed E-state index contributed by atoms with van der Waals surface area (Å²) >= 11 is 6.00. The van der Waals surface area contributed by atoms with Crippen LogP contribution in [0.1, 0.15) is 12.0 Å². The van der Waals surface area contributed by atoms with Gasteiger partial charge in [0.2, 0.25) is 5.91 Å². The highest BCUT2D eigenvalue weighted by molar-refractivity contribution is 6.31. The van der Waals surface area contributed by atoms with Crippen LogP contribution >= 0.6 is 11.6 Å². The Kier molecular flexibility index (Phi) is 4.29. The summed E-state index contributed by atoms with van der Waals surface area (Å²) < 4.78 is 0. The number of anilines is 1. The van der Waals surface area contributed by atoms with Gasteiger partial charge in [-0.15, -0.1) is 0 Å². The van der Waals surface area contributed by atoms with Gasteiger partial charge in [0.25, 0.3) is 0 Å². The molecule has 1 aliphatic heterocycles. The Labute approximate surface area is 121 Å². The topological polar surface area (TPSA) is 83.6 Å². The van der Waals surface area contributed by atoms with Crippen molar-refractivity contribution in [2.75, 3.05) is 18.0 Å². The van der Waals surface area contributed by atoms with Crippen molar-refractivity contribution in [1.29, 1.82) is 0 Å². The van der Waals surface area contributed by atoms with Gasteiger partial charge in [0.15, 0.2) is 0 Å². The van der Waals surface area contributed by atoms with Gasteiger partial charge in [-0.25, -0.2) is 4.79 Å². The van der Waals surface area contributed by atoms with Crippen molar-refractivity contribution < 1.29 is 14.7 Å². The van der Waals surface area contributed by atoms with E-state index in [1.54, 1.807) is 18.2 Å². The number of amides is 1. The minimum atomic E-state index is -1.01. The van der Waals surface area contributed by atoms with Gasteiger partial charge in [0, 0.05) is 29.9 Å². The molecule has 0 aromatic heterocycles. The van der Waals surface area contributed by atoms with Crippen molar-refractivity contribution in [3.8, 4) is 0 Å². The molecule has 1 unspecified atom stereocenters. The number of rotatable bonds is 4. The maximum atomic E-state index is 11.2. The average molecular weight is 295 g/mol. The maximum absolute atomic E-state index is 11.2. The molecule has 0 saturated carbocycles. The first-order chi connectivity index (χ1) is 9.47. The Balaban J connectivity index is 2.28. The lowest BCUT2D eigenvalue weighted by atomic mass is 10.1. The van der Waals surface area contributed by atoms with Crippen LogP contribution in [0.15, 0.2) is 24.3 Å². The fourth-order valence-electron chi connectivity index (χ4n) is 2.30. The minimum Gasteiger partial charge on any atom is -0.478 e. The third-order valence-electron chi connectivity index (χ3n) is 3.33. The largest absolute Gasteiger partial charge is 0.478 e. The van der Waals surface area contributed by atoms with Crippen LogP contribution < -0.4 is 10.6 Å². The third-order valence-corrected chi connectivity index (χ3v) is 3.56. The van der Waals surface area contributed by atoms with E-state index in [4.69, 9.17) is 22.4 Å². The first-order valence-electron chi connectivity index (χ1n) is 6.22. The van der Waals surface area contributed by atoms with E-state index in [9.17, 15) is 9.59 Å². The standard InChI is InChI=1S/C14H15ClN2O3/c15-11-3-1-9(2-4-13(18)19)12(7-11)17-6-5-10(8-17)14(16)20/h1-4,7,10H,5-6,8H2,(H2,16,20)(H,18,19)/b4-2+. The molecule has 1 amide bonds. The number of carbonyl (C=O) groups excluding carboxylic acids is 1. The summed E-state index contributed by atoms with van der Waals surface area (Å²) in [6.07, 6.45) is 3.30. The lowest BCUT2D eigenvalue weighted by Gasteiger charge is -2.21. The number of benzene rings is 1. The second kappa shape index (κ2) is 5.96. The molecule has 20 heavy (non-hydrogen) atoms. The van der Waals surface area contributed by atoms with Crippen molar-refractivity contribution in [1.82, 2.24) is 0 Å². The van der Waals surface area contributed by atoms with Crippen LogP contribution in [-0.4, -0.2) is 30.1 Å². The summed E-state index contributed by atoms with van der Waals surface area (Å²) in [6.45, 7) is 1.23. The van der Waals surface area contributed by atoms with Crippen LogP contribution in [0.5, 0.6) is 0 Å². The van der Waals surface area contributed by atoms with Gasteiger partial charge in [0.05, 0.1) is 5.92 Å². The highest BCUT2D eigenvalue weighted by atomic mass is 35.5. The predicted octanol–water partition coefficient (Wildman–Crippen LogP) is 1.75. The summed E-state index contributed by atoms with van der Waals surface area (Å²) in [5.41, 5.74) is 6.89. The monoisotopic (exact) mass is 294 g/mol. The van der Waals surface area contributed by atoms with Crippen molar-refractivity contribution in [3.63, 3.8) is 0 Å². The third kappa shape index (κ3) is 3.30. The van der Waals surface area contributed by atoms with Gasteiger partial charge in [0.1, 0.15) is 0 Å². The second-order valence-corrected chi connectivity index (χ2v) is 5.15. The molecule has 1 atom stereocenters. The molecule has 0 bridgehead atoms. The van der Waals surface area contributed by atoms with Crippen LogP contribution in [0.3, 0.4) is 0 Å². The summed E-state index contributed by atoms with van der Waals surface area (Å²) in [7, 11) is 0. The number of hydrogen-bond donors (Lipinski definition) is 2. The van der Waals surface area contributed by atoms with E-state index in [0.29, 0.717) is 24.5 Å². The van der Waals surface area contributed by atoms with E-state index in [0.717, 1.165) is 17.3 Å². The Morgan fingerprint density at radius 2 is 2.20 bits per heavy atom. The van der Waals surface area contributed by atoms with Crippen LogP contribution in [0.2, 0.25) is 5.02 Å². The van der Waals surface area contributed by atoms with Crippen molar-refractivity contribution in [2.24, 2.45) is 11.7 Å². The number of halogens is 1. The molecule has 1 aromatic rings. The molecule has 2 rings (SSSR count). The summed E-state index contributed by atoms with van der Waals surface area (Å²) in [4.78, 5) is 23.9. The fourth-order valence-corrected chi connectivity index (χ4v) is 2.47. The lowest BCUT2D eigenvalue weighted by molar-refractivity contribution is -0.131. The number of hydrogen-bond acceptors (Lipinski definition) is 3. The van der Waals surface area contributed by atoms with Gasteiger partial charge < -0.3 is 15.7 Å². The van der Waals surface area contributed by atoms with Gasteiger partial charge in [-0.3, -0.25) is 4.79 Å². The molecule has 1 fully saturated rings. The normalized spacial score (nSPS) is 18.6. The quantitative estimate of drug-likeness (QED) is 0.829.